The average molecular weight is 706 g/mol. The molecule has 248 valence electrons. The molecule has 1 aliphatic rings. The van der Waals surface area contributed by atoms with E-state index in [1.165, 1.54) is 38.1 Å². The van der Waals surface area contributed by atoms with Crippen molar-refractivity contribution in [3.8, 4) is 11.8 Å². The van der Waals surface area contributed by atoms with E-state index in [2.05, 4.69) is 27.0 Å². The molecule has 4 N–H and O–H groups in total. The highest BCUT2D eigenvalue weighted by Crippen LogP contribution is 2.39. The third-order valence-corrected chi connectivity index (χ3v) is 9.84. The Kier molecular flexibility index (Phi) is 9.58. The molecule has 0 radical (unpaired) electrons. The normalized spacial score (nSPS) is 16.6. The number of nitrogens with zero attached hydrogens (tertiary/aromatic N) is 2. The number of aromatic nitrogens is 2. The van der Waals surface area contributed by atoms with Crippen molar-refractivity contribution in [3.05, 3.63) is 76.0 Å². The number of nitrogens with one attached hydrogen (secondary N) is 2. The molecule has 2 atom stereocenters. The Bertz CT molecular complexity index is 2030. The maximum atomic E-state index is 14.0. The number of hydrogen-bond acceptors (Lipinski definition) is 7. The monoisotopic (exact) mass is 705 g/mol. The molecule has 1 unspecified atom stereocenters. The lowest BCUT2D eigenvalue weighted by Crippen LogP contribution is -2.40. The van der Waals surface area contributed by atoms with Gasteiger partial charge in [0.05, 0.1) is 22.2 Å². The quantitative estimate of drug-likeness (QED) is 0.231. The van der Waals surface area contributed by atoms with E-state index in [1.807, 2.05) is 0 Å². The van der Waals surface area contributed by atoms with Crippen LogP contribution in [-0.4, -0.2) is 62.1 Å². The van der Waals surface area contributed by atoms with Crippen LogP contribution in [0.2, 0.25) is 5.02 Å². The Morgan fingerprint density at radius 1 is 1.11 bits per heavy atom. The van der Waals surface area contributed by atoms with Gasteiger partial charge in [-0.1, -0.05) is 35.6 Å². The van der Waals surface area contributed by atoms with Gasteiger partial charge in [0.1, 0.15) is 29.0 Å². The molecule has 17 heteroatoms. The summed E-state index contributed by atoms with van der Waals surface area (Å²) in [6.45, 7) is 1.23. The number of halogens is 6. The Morgan fingerprint density at radius 2 is 1.74 bits per heavy atom. The van der Waals surface area contributed by atoms with Gasteiger partial charge in [-0.05, 0) is 50.1 Å². The number of allylic oxidation sites excluding steroid dienone is 2. The van der Waals surface area contributed by atoms with Gasteiger partial charge >= 0.3 is 6.18 Å². The van der Waals surface area contributed by atoms with Crippen LogP contribution in [0.4, 0.5) is 27.8 Å². The van der Waals surface area contributed by atoms with Crippen LogP contribution in [0.15, 0.2) is 48.2 Å². The lowest BCUT2D eigenvalue weighted by Gasteiger charge is -2.28. The van der Waals surface area contributed by atoms with Crippen LogP contribution in [0.5, 0.6) is 0 Å². The summed E-state index contributed by atoms with van der Waals surface area (Å²) in [6, 6.07) is 3.71. The molecule has 0 aliphatic carbocycles. The second kappa shape index (κ2) is 12.5. The molecule has 9 nitrogen and oxygen atoms in total. The van der Waals surface area contributed by atoms with Crippen molar-refractivity contribution >= 4 is 53.8 Å². The smallest absolute Gasteiger partial charge is 0.370 e. The van der Waals surface area contributed by atoms with E-state index in [9.17, 15) is 38.8 Å². The fourth-order valence-corrected chi connectivity index (χ4v) is 5.64. The number of alkyl halides is 3. The molecule has 4 rings (SSSR count). The molecule has 46 heavy (non-hydrogen) atoms. The first-order chi connectivity index (χ1) is 21.0. The molecule has 3 aromatic rings. The second-order valence-electron chi connectivity index (χ2n) is 11.3. The number of dihydropyridines is 1. The highest BCUT2D eigenvalue weighted by Gasteiger charge is 2.33. The van der Waals surface area contributed by atoms with E-state index >= 15 is 0 Å². The van der Waals surface area contributed by atoms with Gasteiger partial charge in [-0.15, -0.1) is 0 Å². The number of nitrogens with two attached hydrogens (primary N) is 1. The van der Waals surface area contributed by atoms with E-state index in [0.29, 0.717) is 10.7 Å². The van der Waals surface area contributed by atoms with Crippen molar-refractivity contribution in [2.24, 2.45) is 5.73 Å². The van der Waals surface area contributed by atoms with Crippen molar-refractivity contribution in [2.45, 2.75) is 49.8 Å². The molecule has 0 bridgehead atoms. The van der Waals surface area contributed by atoms with Gasteiger partial charge in [-0.3, -0.25) is 9.40 Å². The van der Waals surface area contributed by atoms with Gasteiger partial charge in [0.25, 0.3) is 0 Å². The number of sulfonamides is 1. The number of sulfone groups is 1. The fourth-order valence-electron chi connectivity index (χ4n) is 4.66. The minimum absolute atomic E-state index is 0.0977. The van der Waals surface area contributed by atoms with Crippen LogP contribution in [0, 0.1) is 23.5 Å². The average Bonchev–Trinajstić information content (AvgIpc) is 3.21. The minimum Gasteiger partial charge on any atom is -0.370 e. The summed E-state index contributed by atoms with van der Waals surface area (Å²) in [5.74, 6) is 3.41. The van der Waals surface area contributed by atoms with Crippen LogP contribution in [0.3, 0.4) is 0 Å². The zero-order chi connectivity index (χ0) is 34.4. The summed E-state index contributed by atoms with van der Waals surface area (Å²) in [5, 5.41) is 6.76. The summed E-state index contributed by atoms with van der Waals surface area (Å²) in [4.78, 5) is 0. The van der Waals surface area contributed by atoms with E-state index in [1.54, 1.807) is 0 Å². The Hall–Kier alpha value is -3.65. The van der Waals surface area contributed by atoms with Crippen LogP contribution in [-0.2, 0) is 32.8 Å². The van der Waals surface area contributed by atoms with Gasteiger partial charge in [-0.2, -0.15) is 18.3 Å². The van der Waals surface area contributed by atoms with Crippen molar-refractivity contribution in [2.75, 3.05) is 17.2 Å². The van der Waals surface area contributed by atoms with Gasteiger partial charge in [0.2, 0.25) is 10.0 Å². The summed E-state index contributed by atoms with van der Waals surface area (Å²) in [6.07, 6.45) is -0.0475. The first-order valence-corrected chi connectivity index (χ1v) is 17.6. The molecular weight excluding hydrogens is 677 g/mol. The zero-order valence-corrected chi connectivity index (χ0v) is 27.2. The second-order valence-corrected chi connectivity index (χ2v) is 16.0. The van der Waals surface area contributed by atoms with Crippen molar-refractivity contribution in [1.29, 1.82) is 0 Å². The van der Waals surface area contributed by atoms with Gasteiger partial charge in [0.15, 0.2) is 15.7 Å². The van der Waals surface area contributed by atoms with Crippen molar-refractivity contribution in [1.82, 2.24) is 15.1 Å². The first kappa shape index (κ1) is 35.2. The van der Waals surface area contributed by atoms with E-state index in [-0.39, 0.29) is 44.7 Å². The van der Waals surface area contributed by atoms with Gasteiger partial charge in [0, 0.05) is 35.2 Å². The van der Waals surface area contributed by atoms with Gasteiger partial charge < -0.3 is 11.1 Å². The molecule has 2 aromatic carbocycles. The highest BCUT2D eigenvalue weighted by atomic mass is 35.5. The highest BCUT2D eigenvalue weighted by molar-refractivity contribution is 7.92. The Labute approximate surface area is 267 Å². The van der Waals surface area contributed by atoms with Crippen molar-refractivity contribution in [3.63, 3.8) is 0 Å². The molecule has 0 amide bonds. The number of anilines is 1. The summed E-state index contributed by atoms with van der Waals surface area (Å²) in [7, 11) is -7.59. The predicted molar refractivity (Wildman–Crippen MR) is 167 cm³/mol. The SMILES string of the molecule is CC(C)(C#CC1C=CC(c2ccc(Cl)c3c(NS(C)(=O)=O)nn(CC(F)(F)F)c23)=C([C@@H](N)Cc2cc(F)cc(F)c2)N1)S(C)(=O)=O. The topological polar surface area (TPSA) is 136 Å². The summed E-state index contributed by atoms with van der Waals surface area (Å²) in [5.41, 5.74) is 7.08. The fraction of sp³-hybridized carbons (Fsp3) is 0.345. The third-order valence-electron chi connectivity index (χ3n) is 7.00. The number of benzene rings is 2. The third kappa shape index (κ3) is 8.19. The van der Waals surface area contributed by atoms with E-state index in [4.69, 9.17) is 17.3 Å². The van der Waals surface area contributed by atoms with Crippen molar-refractivity contribution < 1.29 is 38.8 Å². The Balaban J connectivity index is 1.96. The summed E-state index contributed by atoms with van der Waals surface area (Å²) >= 11 is 6.38. The lowest BCUT2D eigenvalue weighted by molar-refractivity contribution is -0.141. The standard InChI is InChI=1S/C29H29ClF5N5O4S2/c1-28(2,45(3,41)42)10-9-19-5-6-20(25(37-19)23(36)13-16-11-17(31)14-18(32)12-16)21-7-8-22(30)24-26(21)40(15-29(33,34)35)38-27(24)39-46(4,43)44/h5-8,11-12,14,19,23,37H,13,15,36H2,1-4H3,(H,38,39)/t19?,23-/m0/s1. The number of hydrogen-bond donors (Lipinski definition) is 3. The molecule has 0 saturated heterocycles. The first-order valence-electron chi connectivity index (χ1n) is 13.4. The van der Waals surface area contributed by atoms with Gasteiger partial charge in [-0.25, -0.2) is 25.6 Å². The van der Waals surface area contributed by atoms with E-state index < -0.39 is 66.9 Å². The zero-order valence-electron chi connectivity index (χ0n) is 24.8. The van der Waals surface area contributed by atoms with Crippen LogP contribution < -0.4 is 15.8 Å². The van der Waals surface area contributed by atoms with Crippen LogP contribution >= 0.6 is 11.6 Å². The maximum absolute atomic E-state index is 14.0. The van der Waals surface area contributed by atoms with E-state index in [0.717, 1.165) is 24.6 Å². The molecule has 0 spiro atoms. The number of rotatable bonds is 8. The molecule has 0 saturated carbocycles. The molecule has 1 aliphatic heterocycles. The number of fused-ring (bicyclic) bond motifs is 1. The van der Waals surface area contributed by atoms with Crippen LogP contribution in [0.25, 0.3) is 16.5 Å². The molecule has 0 fully saturated rings. The minimum atomic E-state index is -4.77. The summed E-state index contributed by atoms with van der Waals surface area (Å²) < 4.78 is 119. The maximum Gasteiger partial charge on any atom is 0.408 e. The largest absolute Gasteiger partial charge is 0.408 e. The molecule has 1 aromatic heterocycles. The molecule has 2 heterocycles. The Morgan fingerprint density at radius 3 is 2.30 bits per heavy atom. The lowest BCUT2D eigenvalue weighted by atomic mass is 9.91. The molecular formula is C29H29ClF5N5O4S2. The predicted octanol–water partition coefficient (Wildman–Crippen LogP) is 4.54. The van der Waals surface area contributed by atoms with Crippen LogP contribution in [0.1, 0.15) is 25.0 Å².